The molecule has 1 atom stereocenters. The van der Waals surface area contributed by atoms with Crippen molar-refractivity contribution in [3.63, 3.8) is 0 Å². The van der Waals surface area contributed by atoms with Crippen LogP contribution in [-0.2, 0) is 0 Å². The van der Waals surface area contributed by atoms with Gasteiger partial charge in [-0.3, -0.25) is 0 Å². The van der Waals surface area contributed by atoms with Crippen LogP contribution in [0.4, 0.5) is 5.69 Å². The Hall–Kier alpha value is -1.42. The number of hydrogen-bond donors (Lipinski definition) is 2. The molecule has 1 heterocycles. The Morgan fingerprint density at radius 1 is 1.54 bits per heavy atom. The van der Waals surface area contributed by atoms with Gasteiger partial charge < -0.3 is 20.9 Å². The zero-order valence-corrected chi connectivity index (χ0v) is 7.41. The number of fused-ring (bicyclic) bond motifs is 1. The maximum Gasteiger partial charge on any atom is 0.166 e. The fraction of sp³-hybridized carbons (Fsp3) is 0.333. The smallest absolute Gasteiger partial charge is 0.166 e. The molecule has 1 unspecified atom stereocenters. The number of nitrogens with two attached hydrogens (primary N) is 2. The van der Waals surface area contributed by atoms with E-state index in [1.807, 2.05) is 6.07 Å². The SMILES string of the molecule is COc1cc(N)cc2c1OCC2N. The number of ether oxygens (including phenoxy) is 2. The standard InChI is InChI=1S/C9H12N2O2/c1-12-8-3-5(10)2-6-7(11)4-13-9(6)8/h2-3,7H,4,10-11H2,1H3. The molecule has 4 N–H and O–H groups in total. The Morgan fingerprint density at radius 3 is 3.00 bits per heavy atom. The van der Waals surface area contributed by atoms with E-state index >= 15 is 0 Å². The number of benzene rings is 1. The van der Waals surface area contributed by atoms with Crippen LogP contribution in [0.5, 0.6) is 11.5 Å². The van der Waals surface area contributed by atoms with Gasteiger partial charge in [0.25, 0.3) is 0 Å². The van der Waals surface area contributed by atoms with E-state index in [0.717, 1.165) is 11.3 Å². The second-order valence-corrected chi connectivity index (χ2v) is 3.06. The van der Waals surface area contributed by atoms with E-state index in [0.29, 0.717) is 18.0 Å². The van der Waals surface area contributed by atoms with Crippen LogP contribution in [-0.4, -0.2) is 13.7 Å². The third-order valence-corrected chi connectivity index (χ3v) is 2.13. The molecule has 4 heteroatoms. The molecule has 0 aliphatic carbocycles. The molecule has 0 bridgehead atoms. The molecule has 4 nitrogen and oxygen atoms in total. The van der Waals surface area contributed by atoms with Gasteiger partial charge in [0, 0.05) is 17.3 Å². The maximum absolute atomic E-state index is 5.80. The van der Waals surface area contributed by atoms with Crippen molar-refractivity contribution in [2.45, 2.75) is 6.04 Å². The van der Waals surface area contributed by atoms with Crippen LogP contribution < -0.4 is 20.9 Å². The molecule has 13 heavy (non-hydrogen) atoms. The lowest BCUT2D eigenvalue weighted by Crippen LogP contribution is -2.10. The second kappa shape index (κ2) is 2.81. The van der Waals surface area contributed by atoms with E-state index in [9.17, 15) is 0 Å². The average Bonchev–Trinajstić information content (AvgIpc) is 2.47. The van der Waals surface area contributed by atoms with Gasteiger partial charge in [-0.1, -0.05) is 0 Å². The predicted molar refractivity (Wildman–Crippen MR) is 49.8 cm³/mol. The summed E-state index contributed by atoms with van der Waals surface area (Å²) in [5.41, 5.74) is 13.1. The van der Waals surface area contributed by atoms with Gasteiger partial charge >= 0.3 is 0 Å². The highest BCUT2D eigenvalue weighted by Crippen LogP contribution is 2.40. The molecule has 0 radical (unpaired) electrons. The molecule has 0 saturated heterocycles. The third-order valence-electron chi connectivity index (χ3n) is 2.13. The van der Waals surface area contributed by atoms with Crippen molar-refractivity contribution in [1.29, 1.82) is 0 Å². The van der Waals surface area contributed by atoms with Gasteiger partial charge in [-0.2, -0.15) is 0 Å². The number of nitrogen functional groups attached to an aromatic ring is 1. The van der Waals surface area contributed by atoms with Crippen molar-refractivity contribution in [3.05, 3.63) is 17.7 Å². The quantitative estimate of drug-likeness (QED) is 0.623. The Labute approximate surface area is 76.4 Å². The van der Waals surface area contributed by atoms with E-state index in [2.05, 4.69) is 0 Å². The van der Waals surface area contributed by atoms with Gasteiger partial charge in [0.15, 0.2) is 11.5 Å². The van der Waals surface area contributed by atoms with Crippen molar-refractivity contribution < 1.29 is 9.47 Å². The summed E-state index contributed by atoms with van der Waals surface area (Å²) in [6, 6.07) is 3.47. The lowest BCUT2D eigenvalue weighted by atomic mass is 10.1. The van der Waals surface area contributed by atoms with Gasteiger partial charge in [0.1, 0.15) is 6.61 Å². The Balaban J connectivity index is 2.56. The van der Waals surface area contributed by atoms with Crippen LogP contribution in [0.3, 0.4) is 0 Å². The van der Waals surface area contributed by atoms with Crippen LogP contribution in [0, 0.1) is 0 Å². The molecule has 0 fully saturated rings. The minimum Gasteiger partial charge on any atom is -0.493 e. The van der Waals surface area contributed by atoms with E-state index < -0.39 is 0 Å². The molecule has 2 rings (SSSR count). The highest BCUT2D eigenvalue weighted by Gasteiger charge is 2.24. The van der Waals surface area contributed by atoms with E-state index in [1.165, 1.54) is 0 Å². The first kappa shape index (κ1) is 8.19. The Kier molecular flexibility index (Phi) is 1.77. The predicted octanol–water partition coefficient (Wildman–Crippen LogP) is 0.670. The summed E-state index contributed by atoms with van der Waals surface area (Å²) in [4.78, 5) is 0. The summed E-state index contributed by atoms with van der Waals surface area (Å²) in [7, 11) is 1.59. The average molecular weight is 180 g/mol. The highest BCUT2D eigenvalue weighted by atomic mass is 16.5. The van der Waals surface area contributed by atoms with Crippen molar-refractivity contribution in [2.24, 2.45) is 5.73 Å². The van der Waals surface area contributed by atoms with Crippen LogP contribution in [0.15, 0.2) is 12.1 Å². The number of methoxy groups -OCH3 is 1. The molecule has 0 saturated carbocycles. The van der Waals surface area contributed by atoms with Crippen LogP contribution in [0.25, 0.3) is 0 Å². The van der Waals surface area contributed by atoms with Crippen LogP contribution >= 0.6 is 0 Å². The van der Waals surface area contributed by atoms with E-state index in [-0.39, 0.29) is 6.04 Å². The van der Waals surface area contributed by atoms with Crippen molar-refractivity contribution in [2.75, 3.05) is 19.5 Å². The summed E-state index contributed by atoms with van der Waals surface area (Å²) >= 11 is 0. The summed E-state index contributed by atoms with van der Waals surface area (Å²) in [5, 5.41) is 0. The molecule has 1 aliphatic rings. The van der Waals surface area contributed by atoms with Crippen molar-refractivity contribution >= 4 is 5.69 Å². The molecule has 1 aliphatic heterocycles. The zero-order valence-electron chi connectivity index (χ0n) is 7.41. The number of hydrogen-bond acceptors (Lipinski definition) is 4. The highest BCUT2D eigenvalue weighted by molar-refractivity contribution is 5.59. The lowest BCUT2D eigenvalue weighted by molar-refractivity contribution is 0.311. The zero-order chi connectivity index (χ0) is 9.42. The normalized spacial score (nSPS) is 19.4. The maximum atomic E-state index is 5.80. The molecule has 70 valence electrons. The molecule has 1 aromatic carbocycles. The molecule has 0 spiro atoms. The van der Waals surface area contributed by atoms with Gasteiger partial charge in [0.05, 0.1) is 13.2 Å². The van der Waals surface area contributed by atoms with Gasteiger partial charge in [-0.25, -0.2) is 0 Å². The first-order valence-corrected chi connectivity index (χ1v) is 4.08. The summed E-state index contributed by atoms with van der Waals surface area (Å²) < 4.78 is 10.5. The molecule has 1 aromatic rings. The monoisotopic (exact) mass is 180 g/mol. The summed E-state index contributed by atoms with van der Waals surface area (Å²) in [5.74, 6) is 1.38. The number of rotatable bonds is 1. The van der Waals surface area contributed by atoms with Crippen LogP contribution in [0.1, 0.15) is 11.6 Å². The largest absolute Gasteiger partial charge is 0.493 e. The van der Waals surface area contributed by atoms with E-state index in [4.69, 9.17) is 20.9 Å². The lowest BCUT2D eigenvalue weighted by Gasteiger charge is -2.07. The molecule has 0 amide bonds. The minimum atomic E-state index is -0.0904. The molecule has 0 aromatic heterocycles. The topological polar surface area (TPSA) is 70.5 Å². The molecular formula is C9H12N2O2. The minimum absolute atomic E-state index is 0.0904. The third kappa shape index (κ3) is 1.19. The summed E-state index contributed by atoms with van der Waals surface area (Å²) in [6.45, 7) is 0.495. The van der Waals surface area contributed by atoms with Crippen LogP contribution in [0.2, 0.25) is 0 Å². The fourth-order valence-electron chi connectivity index (χ4n) is 1.49. The first-order chi connectivity index (χ1) is 6.22. The second-order valence-electron chi connectivity index (χ2n) is 3.06. The van der Waals surface area contributed by atoms with Gasteiger partial charge in [0.2, 0.25) is 0 Å². The Morgan fingerprint density at radius 2 is 2.31 bits per heavy atom. The Bertz CT molecular complexity index is 339. The van der Waals surface area contributed by atoms with Gasteiger partial charge in [-0.05, 0) is 6.07 Å². The van der Waals surface area contributed by atoms with Crippen molar-refractivity contribution in [3.8, 4) is 11.5 Å². The van der Waals surface area contributed by atoms with E-state index in [1.54, 1.807) is 13.2 Å². The number of anilines is 1. The molecular weight excluding hydrogens is 168 g/mol. The fourth-order valence-corrected chi connectivity index (χ4v) is 1.49. The van der Waals surface area contributed by atoms with Gasteiger partial charge in [-0.15, -0.1) is 0 Å². The summed E-state index contributed by atoms with van der Waals surface area (Å²) in [6.07, 6.45) is 0. The first-order valence-electron chi connectivity index (χ1n) is 4.08. The van der Waals surface area contributed by atoms with Crippen molar-refractivity contribution in [1.82, 2.24) is 0 Å².